The minimum absolute atomic E-state index is 0.121. The van der Waals surface area contributed by atoms with Crippen molar-refractivity contribution in [3.8, 4) is 23.0 Å². The lowest BCUT2D eigenvalue weighted by atomic mass is 9.92. The Balaban J connectivity index is 1.37. The molecule has 0 radical (unpaired) electrons. The zero-order chi connectivity index (χ0) is 26.4. The molecule has 8 nitrogen and oxygen atoms in total. The van der Waals surface area contributed by atoms with Crippen LogP contribution < -0.4 is 15.8 Å². The summed E-state index contributed by atoms with van der Waals surface area (Å²) in [6.45, 7) is 1.78. The van der Waals surface area contributed by atoms with Crippen LogP contribution in [0.2, 0.25) is 0 Å². The van der Waals surface area contributed by atoms with Crippen molar-refractivity contribution in [2.75, 3.05) is 11.1 Å². The molecule has 4 aromatic rings. The molecule has 6 rings (SSSR count). The number of nitrogen functional groups attached to an aromatic ring is 1. The summed E-state index contributed by atoms with van der Waals surface area (Å²) in [6.07, 6.45) is 6.83. The number of nitrogens with zero attached hydrogens (tertiary/aromatic N) is 3. The number of hydrogen-bond donors (Lipinski definition) is 2. The number of aromatic nitrogens is 3. The molecule has 2 aromatic heterocycles. The Bertz CT molecular complexity index is 1490. The smallest absolute Gasteiger partial charge is 0.412 e. The zero-order valence-electron chi connectivity index (χ0n) is 20.8. The first kappa shape index (κ1) is 24.1. The second-order valence-electron chi connectivity index (χ2n) is 9.92. The van der Waals surface area contributed by atoms with Crippen LogP contribution in [-0.4, -0.2) is 26.7 Å². The maximum Gasteiger partial charge on any atom is 0.412 e. The van der Waals surface area contributed by atoms with Gasteiger partial charge in [-0.15, -0.1) is 0 Å². The van der Waals surface area contributed by atoms with Crippen LogP contribution >= 0.6 is 0 Å². The molecule has 2 heterocycles. The Hall–Kier alpha value is -4.21. The Morgan fingerprint density at radius 1 is 1.11 bits per heavy atom. The van der Waals surface area contributed by atoms with Gasteiger partial charge in [0.15, 0.2) is 11.6 Å². The van der Waals surface area contributed by atoms with Gasteiger partial charge in [0, 0.05) is 35.5 Å². The minimum Gasteiger partial charge on any atom is -0.446 e. The average molecular weight is 520 g/mol. The average Bonchev–Trinajstić information content (AvgIpc) is 3.67. The lowest BCUT2D eigenvalue weighted by Gasteiger charge is -2.30. The van der Waals surface area contributed by atoms with Crippen LogP contribution in [0.4, 0.5) is 25.0 Å². The summed E-state index contributed by atoms with van der Waals surface area (Å²) in [6, 6.07) is 9.82. The second kappa shape index (κ2) is 9.59. The minimum atomic E-state index is -0.911. The van der Waals surface area contributed by atoms with Gasteiger partial charge in [0.2, 0.25) is 0 Å². The highest BCUT2D eigenvalue weighted by Gasteiger charge is 2.31. The van der Waals surface area contributed by atoms with E-state index in [2.05, 4.69) is 15.3 Å². The molecule has 0 saturated heterocycles. The third-order valence-corrected chi connectivity index (χ3v) is 7.33. The van der Waals surface area contributed by atoms with Crippen LogP contribution in [0.15, 0.2) is 48.8 Å². The molecule has 38 heavy (non-hydrogen) atoms. The van der Waals surface area contributed by atoms with Gasteiger partial charge >= 0.3 is 12.1 Å². The molecule has 3 N–H and O–H groups in total. The van der Waals surface area contributed by atoms with E-state index in [-0.39, 0.29) is 23.7 Å². The fourth-order valence-corrected chi connectivity index (χ4v) is 4.93. The highest BCUT2D eigenvalue weighted by atomic mass is 19.1. The largest absolute Gasteiger partial charge is 0.446 e. The molecule has 0 bridgehead atoms. The van der Waals surface area contributed by atoms with Gasteiger partial charge in [0.05, 0.1) is 16.9 Å². The number of carbonyl (C=O) groups is 1. The number of amides is 1. The number of ether oxygens (including phenoxy) is 2. The van der Waals surface area contributed by atoms with Crippen molar-refractivity contribution in [2.24, 2.45) is 5.92 Å². The molecule has 1 atom stereocenters. The van der Waals surface area contributed by atoms with Crippen LogP contribution in [0.1, 0.15) is 45.1 Å². The lowest BCUT2D eigenvalue weighted by Crippen LogP contribution is -2.22. The topological polar surface area (TPSA) is 104 Å². The number of benzene rings is 2. The van der Waals surface area contributed by atoms with Crippen molar-refractivity contribution >= 4 is 28.4 Å². The first-order valence-electron chi connectivity index (χ1n) is 12.7. The lowest BCUT2D eigenvalue weighted by molar-refractivity contribution is 0.108. The number of nitrogens with one attached hydrogen (secondary N) is 1. The Kier molecular flexibility index (Phi) is 6.09. The quantitative estimate of drug-likeness (QED) is 0.278. The number of hydrogen-bond acceptors (Lipinski definition) is 6. The van der Waals surface area contributed by atoms with E-state index in [1.54, 1.807) is 31.5 Å². The fraction of sp³-hybridized carbons (Fsp3) is 0.321. The van der Waals surface area contributed by atoms with Crippen molar-refractivity contribution in [1.82, 2.24) is 14.5 Å². The van der Waals surface area contributed by atoms with E-state index in [1.165, 1.54) is 12.1 Å². The molecule has 2 saturated carbocycles. The highest BCUT2D eigenvalue weighted by Crippen LogP contribution is 2.45. The molecule has 2 aliphatic rings. The Labute approximate surface area is 217 Å². The molecule has 10 heteroatoms. The monoisotopic (exact) mass is 519 g/mol. The van der Waals surface area contributed by atoms with E-state index >= 15 is 8.78 Å². The molecule has 1 amide bonds. The summed E-state index contributed by atoms with van der Waals surface area (Å²) in [5.74, 6) is -0.998. The molecular formula is C28H27F2N5O3. The summed E-state index contributed by atoms with van der Waals surface area (Å²) >= 11 is 0. The van der Waals surface area contributed by atoms with Crippen molar-refractivity contribution in [2.45, 2.75) is 51.2 Å². The normalized spacial score (nSPS) is 16.2. The number of rotatable bonds is 7. The number of nitrogens with two attached hydrogens (primary N) is 1. The van der Waals surface area contributed by atoms with Crippen molar-refractivity contribution < 1.29 is 23.0 Å². The summed E-state index contributed by atoms with van der Waals surface area (Å²) in [4.78, 5) is 20.4. The van der Waals surface area contributed by atoms with E-state index in [1.807, 2.05) is 16.7 Å². The van der Waals surface area contributed by atoms with E-state index < -0.39 is 23.4 Å². The molecule has 0 aliphatic heterocycles. The third kappa shape index (κ3) is 4.51. The SMILES string of the molecule is C[C@@H](OC(=O)Nc1c(F)cc(-c2c(N)c3ccc(Oc4ncccn4)cc3n2C2CCC2)cc1F)C1CC1. The molecule has 2 fully saturated rings. The van der Waals surface area contributed by atoms with Crippen LogP contribution in [0.3, 0.4) is 0 Å². The van der Waals surface area contributed by atoms with Crippen LogP contribution in [-0.2, 0) is 4.74 Å². The summed E-state index contributed by atoms with van der Waals surface area (Å²) in [7, 11) is 0. The summed E-state index contributed by atoms with van der Waals surface area (Å²) < 4.78 is 43.5. The van der Waals surface area contributed by atoms with Gasteiger partial charge in [-0.2, -0.15) is 0 Å². The molecule has 2 aliphatic carbocycles. The summed E-state index contributed by atoms with van der Waals surface area (Å²) in [5.41, 5.74) is 8.02. The third-order valence-electron chi connectivity index (χ3n) is 7.33. The van der Waals surface area contributed by atoms with Crippen LogP contribution in [0.5, 0.6) is 11.8 Å². The second-order valence-corrected chi connectivity index (χ2v) is 9.92. The van der Waals surface area contributed by atoms with Crippen LogP contribution in [0.25, 0.3) is 22.2 Å². The van der Waals surface area contributed by atoms with Crippen molar-refractivity contribution in [3.05, 3.63) is 60.4 Å². The standard InChI is InChI=1S/C28H27F2N5O3/c1-15(16-6-7-16)37-28(36)34-25-21(29)12-17(13-22(25)30)26-24(31)20-9-8-19(38-27-32-10-3-11-33-27)14-23(20)35(26)18-4-2-5-18/h3,8-16,18H,2,4-7,31H2,1H3,(H,34,36)/t15-/m1/s1. The maximum atomic E-state index is 15.2. The molecule has 0 unspecified atom stereocenters. The van der Waals surface area contributed by atoms with Crippen LogP contribution in [0, 0.1) is 17.6 Å². The predicted octanol–water partition coefficient (Wildman–Crippen LogP) is 6.82. The van der Waals surface area contributed by atoms with Crippen molar-refractivity contribution in [3.63, 3.8) is 0 Å². The fourth-order valence-electron chi connectivity index (χ4n) is 4.93. The van der Waals surface area contributed by atoms with E-state index in [0.29, 0.717) is 23.0 Å². The maximum absolute atomic E-state index is 15.2. The van der Waals surface area contributed by atoms with Gasteiger partial charge < -0.3 is 19.8 Å². The van der Waals surface area contributed by atoms with Gasteiger partial charge in [-0.25, -0.2) is 23.5 Å². The van der Waals surface area contributed by atoms with E-state index in [0.717, 1.165) is 43.0 Å². The molecule has 2 aromatic carbocycles. The highest BCUT2D eigenvalue weighted by molar-refractivity contribution is 6.02. The summed E-state index contributed by atoms with van der Waals surface area (Å²) in [5, 5.41) is 2.97. The molecule has 196 valence electrons. The first-order valence-corrected chi connectivity index (χ1v) is 12.7. The van der Waals surface area contributed by atoms with Gasteiger partial charge in [-0.1, -0.05) is 0 Å². The Morgan fingerprint density at radius 2 is 1.82 bits per heavy atom. The number of halogens is 2. The van der Waals surface area contributed by atoms with E-state index in [9.17, 15) is 4.79 Å². The van der Waals surface area contributed by atoms with Crippen molar-refractivity contribution in [1.29, 1.82) is 0 Å². The number of fused-ring (bicyclic) bond motifs is 1. The predicted molar refractivity (Wildman–Crippen MR) is 139 cm³/mol. The van der Waals surface area contributed by atoms with Gasteiger partial charge in [-0.05, 0) is 75.3 Å². The van der Waals surface area contributed by atoms with E-state index in [4.69, 9.17) is 15.2 Å². The van der Waals surface area contributed by atoms with Gasteiger partial charge in [0.25, 0.3) is 0 Å². The molecule has 0 spiro atoms. The number of anilines is 2. The van der Waals surface area contributed by atoms with Gasteiger partial charge in [0.1, 0.15) is 17.5 Å². The molecular weight excluding hydrogens is 492 g/mol. The zero-order valence-corrected chi connectivity index (χ0v) is 20.8. The Morgan fingerprint density at radius 3 is 2.45 bits per heavy atom. The number of carbonyl (C=O) groups excluding carboxylic acids is 1. The first-order chi connectivity index (χ1) is 18.4. The van der Waals surface area contributed by atoms with Gasteiger partial charge in [-0.3, -0.25) is 5.32 Å².